The first kappa shape index (κ1) is 13.1. The summed E-state index contributed by atoms with van der Waals surface area (Å²) in [5.74, 6) is -0.250. The number of carboxylic acid groups (broad SMARTS) is 1. The first-order chi connectivity index (χ1) is 8.99. The van der Waals surface area contributed by atoms with E-state index < -0.39 is 5.97 Å². The third-order valence-corrected chi connectivity index (χ3v) is 2.62. The van der Waals surface area contributed by atoms with Crippen molar-refractivity contribution < 1.29 is 14.6 Å². The Hall–Kier alpha value is -2.30. The molecule has 5 nitrogen and oxygen atoms in total. The third-order valence-electron chi connectivity index (χ3n) is 2.62. The van der Waals surface area contributed by atoms with E-state index in [4.69, 9.17) is 15.6 Å². The number of aromatic nitrogens is 1. The third kappa shape index (κ3) is 2.76. The molecule has 0 atom stereocenters. The smallest absolute Gasteiger partial charge is 0.354 e. The fourth-order valence-corrected chi connectivity index (χ4v) is 1.73. The number of rotatable bonds is 4. The second kappa shape index (κ2) is 5.14. The number of hydrogen-bond donors (Lipinski definition) is 2. The number of fused-ring (bicyclic) bond motifs is 1. The molecule has 0 amide bonds. The van der Waals surface area contributed by atoms with Gasteiger partial charge in [0.25, 0.3) is 0 Å². The number of pyridine rings is 1. The molecule has 100 valence electrons. The minimum Gasteiger partial charge on any atom is -0.493 e. The molecule has 0 aliphatic carbocycles. The van der Waals surface area contributed by atoms with Gasteiger partial charge in [-0.15, -0.1) is 0 Å². The summed E-state index contributed by atoms with van der Waals surface area (Å²) in [5, 5.41) is 9.81. The zero-order valence-electron chi connectivity index (χ0n) is 10.9. The Morgan fingerprint density at radius 3 is 2.84 bits per heavy atom. The standard InChI is InChI=1S/C14H16N2O3/c1-8(2)7-19-12-6-11(14(17)18)16-13-9(12)4-3-5-10(13)15/h3-6,8H,7,15H2,1-2H3,(H,17,18). The lowest BCUT2D eigenvalue weighted by Gasteiger charge is -2.12. The molecule has 1 aromatic carbocycles. The average molecular weight is 260 g/mol. The molecule has 3 N–H and O–H groups in total. The minimum atomic E-state index is -1.10. The zero-order chi connectivity index (χ0) is 14.0. The van der Waals surface area contributed by atoms with Crippen LogP contribution in [0.5, 0.6) is 5.75 Å². The molecule has 0 fully saturated rings. The topological polar surface area (TPSA) is 85.4 Å². The van der Waals surface area contributed by atoms with Crippen molar-refractivity contribution in [2.75, 3.05) is 12.3 Å². The number of nitrogen functional groups attached to an aromatic ring is 1. The summed E-state index contributed by atoms with van der Waals surface area (Å²) < 4.78 is 5.67. The van der Waals surface area contributed by atoms with E-state index in [9.17, 15) is 4.79 Å². The van der Waals surface area contributed by atoms with Gasteiger partial charge in [-0.3, -0.25) is 0 Å². The van der Waals surface area contributed by atoms with E-state index in [1.165, 1.54) is 6.07 Å². The van der Waals surface area contributed by atoms with E-state index in [1.54, 1.807) is 12.1 Å². The van der Waals surface area contributed by atoms with Crippen molar-refractivity contribution in [3.63, 3.8) is 0 Å². The average Bonchev–Trinajstić information content (AvgIpc) is 2.36. The fourth-order valence-electron chi connectivity index (χ4n) is 1.73. The van der Waals surface area contributed by atoms with Crippen molar-refractivity contribution in [1.29, 1.82) is 0 Å². The van der Waals surface area contributed by atoms with Gasteiger partial charge in [0.05, 0.1) is 17.8 Å². The van der Waals surface area contributed by atoms with Crippen LogP contribution in [-0.2, 0) is 0 Å². The van der Waals surface area contributed by atoms with Crippen molar-refractivity contribution in [2.24, 2.45) is 5.92 Å². The first-order valence-electron chi connectivity index (χ1n) is 6.04. The number of benzene rings is 1. The number of anilines is 1. The van der Waals surface area contributed by atoms with Crippen molar-refractivity contribution in [1.82, 2.24) is 4.98 Å². The molecule has 0 bridgehead atoms. The molecule has 0 aliphatic heterocycles. The number of carboxylic acids is 1. The van der Waals surface area contributed by atoms with Gasteiger partial charge in [0.15, 0.2) is 5.69 Å². The second-order valence-electron chi connectivity index (χ2n) is 4.76. The van der Waals surface area contributed by atoms with Gasteiger partial charge >= 0.3 is 5.97 Å². The molecule has 1 aromatic heterocycles. The van der Waals surface area contributed by atoms with Gasteiger partial charge in [-0.05, 0) is 18.1 Å². The summed E-state index contributed by atoms with van der Waals surface area (Å²) in [6.45, 7) is 4.55. The molecule has 19 heavy (non-hydrogen) atoms. The monoisotopic (exact) mass is 260 g/mol. The SMILES string of the molecule is CC(C)COc1cc(C(=O)O)nc2c(N)cccc12. The van der Waals surface area contributed by atoms with Crippen molar-refractivity contribution >= 4 is 22.6 Å². The highest BCUT2D eigenvalue weighted by Crippen LogP contribution is 2.29. The molecule has 0 aliphatic rings. The molecule has 0 radical (unpaired) electrons. The summed E-state index contributed by atoms with van der Waals surface area (Å²) in [4.78, 5) is 15.1. The van der Waals surface area contributed by atoms with E-state index >= 15 is 0 Å². The highest BCUT2D eigenvalue weighted by atomic mass is 16.5. The molecule has 0 saturated heterocycles. The molecule has 0 unspecified atom stereocenters. The lowest BCUT2D eigenvalue weighted by molar-refractivity contribution is 0.0690. The Balaban J connectivity index is 2.58. The Bertz CT molecular complexity index is 623. The van der Waals surface area contributed by atoms with Crippen molar-refractivity contribution in [3.8, 4) is 5.75 Å². The highest BCUT2D eigenvalue weighted by molar-refractivity contribution is 5.97. The number of ether oxygens (including phenoxy) is 1. The molecule has 5 heteroatoms. The van der Waals surface area contributed by atoms with Crippen LogP contribution in [-0.4, -0.2) is 22.7 Å². The van der Waals surface area contributed by atoms with Crippen LogP contribution in [0.15, 0.2) is 24.3 Å². The van der Waals surface area contributed by atoms with Gasteiger partial charge in [-0.2, -0.15) is 0 Å². The van der Waals surface area contributed by atoms with Crippen LogP contribution in [0.25, 0.3) is 10.9 Å². The van der Waals surface area contributed by atoms with Crippen molar-refractivity contribution in [2.45, 2.75) is 13.8 Å². The van der Waals surface area contributed by atoms with Crippen LogP contribution in [0.1, 0.15) is 24.3 Å². The van der Waals surface area contributed by atoms with Crippen LogP contribution in [0.4, 0.5) is 5.69 Å². The summed E-state index contributed by atoms with van der Waals surface area (Å²) >= 11 is 0. The Labute approximate surface area is 111 Å². The molecule has 1 heterocycles. The van der Waals surface area contributed by atoms with Gasteiger partial charge in [0, 0.05) is 11.5 Å². The number of carbonyl (C=O) groups is 1. The van der Waals surface area contributed by atoms with E-state index in [0.29, 0.717) is 29.5 Å². The Morgan fingerprint density at radius 2 is 2.21 bits per heavy atom. The van der Waals surface area contributed by atoms with E-state index in [-0.39, 0.29) is 5.69 Å². The summed E-state index contributed by atoms with van der Waals surface area (Å²) in [6, 6.07) is 6.74. The maximum absolute atomic E-state index is 11.1. The van der Waals surface area contributed by atoms with Crippen LogP contribution in [0.2, 0.25) is 0 Å². The highest BCUT2D eigenvalue weighted by Gasteiger charge is 2.13. The number of nitrogens with zero attached hydrogens (tertiary/aromatic N) is 1. The van der Waals surface area contributed by atoms with Crippen LogP contribution in [0, 0.1) is 5.92 Å². The lowest BCUT2D eigenvalue weighted by atomic mass is 10.1. The summed E-state index contributed by atoms with van der Waals surface area (Å²) in [6.07, 6.45) is 0. The van der Waals surface area contributed by atoms with Gasteiger partial charge in [-0.1, -0.05) is 19.9 Å². The summed E-state index contributed by atoms with van der Waals surface area (Å²) in [7, 11) is 0. The molecular weight excluding hydrogens is 244 g/mol. The van der Waals surface area contributed by atoms with Gasteiger partial charge in [0.1, 0.15) is 5.75 Å². The molecule has 0 saturated carbocycles. The fraction of sp³-hybridized carbons (Fsp3) is 0.286. The lowest BCUT2D eigenvalue weighted by Crippen LogP contribution is -2.08. The molecule has 0 spiro atoms. The zero-order valence-corrected chi connectivity index (χ0v) is 10.9. The maximum Gasteiger partial charge on any atom is 0.354 e. The second-order valence-corrected chi connectivity index (χ2v) is 4.76. The van der Waals surface area contributed by atoms with E-state index in [1.807, 2.05) is 19.9 Å². The predicted octanol–water partition coefficient (Wildman–Crippen LogP) is 2.55. The van der Waals surface area contributed by atoms with E-state index in [2.05, 4.69) is 4.98 Å². The first-order valence-corrected chi connectivity index (χ1v) is 6.04. The van der Waals surface area contributed by atoms with Crippen molar-refractivity contribution in [3.05, 3.63) is 30.0 Å². The molecular formula is C14H16N2O3. The largest absolute Gasteiger partial charge is 0.493 e. The van der Waals surface area contributed by atoms with Gasteiger partial charge < -0.3 is 15.6 Å². The minimum absolute atomic E-state index is 0.0656. The van der Waals surface area contributed by atoms with Gasteiger partial charge in [-0.25, -0.2) is 9.78 Å². The Kier molecular flexibility index (Phi) is 3.55. The quantitative estimate of drug-likeness (QED) is 0.825. The number of para-hydroxylation sites is 1. The normalized spacial score (nSPS) is 10.9. The Morgan fingerprint density at radius 1 is 1.47 bits per heavy atom. The van der Waals surface area contributed by atoms with Gasteiger partial charge in [0.2, 0.25) is 0 Å². The summed E-state index contributed by atoms with van der Waals surface area (Å²) in [5.41, 5.74) is 6.67. The number of hydrogen-bond acceptors (Lipinski definition) is 4. The molecule has 2 aromatic rings. The molecule has 2 rings (SSSR count). The van der Waals surface area contributed by atoms with Crippen LogP contribution >= 0.6 is 0 Å². The van der Waals surface area contributed by atoms with E-state index in [0.717, 1.165) is 5.39 Å². The number of nitrogens with two attached hydrogens (primary N) is 1. The predicted molar refractivity (Wildman–Crippen MR) is 73.4 cm³/mol. The van der Waals surface area contributed by atoms with Crippen LogP contribution < -0.4 is 10.5 Å². The maximum atomic E-state index is 11.1. The van der Waals surface area contributed by atoms with Crippen LogP contribution in [0.3, 0.4) is 0 Å². The number of aromatic carboxylic acids is 1.